The highest BCUT2D eigenvalue weighted by atomic mass is 16.5. The van der Waals surface area contributed by atoms with E-state index >= 15 is 0 Å². The maximum Gasteiger partial charge on any atom is 0.344 e. The molecule has 140 valence electrons. The molecule has 4 nitrogen and oxygen atoms in total. The highest BCUT2D eigenvalue weighted by molar-refractivity contribution is 5.89. The standard InChI is InChI=1S/C24H21NO3/c1-15-4-8-18(9-5-15)25-19-10-13-21-16(2)23(24(26)28-22(21)14-19)17-6-11-20(27-3)12-7-17/h4-14,25H,1-3H3. The van der Waals surface area contributed by atoms with Crippen LogP contribution in [0.2, 0.25) is 0 Å². The Morgan fingerprint density at radius 2 is 1.54 bits per heavy atom. The van der Waals surface area contributed by atoms with Crippen molar-refractivity contribution in [3.8, 4) is 16.9 Å². The van der Waals surface area contributed by atoms with Gasteiger partial charge in [-0.05, 0) is 61.4 Å². The Labute approximate surface area is 163 Å². The molecular formula is C24H21NO3. The summed E-state index contributed by atoms with van der Waals surface area (Å²) in [5.74, 6) is 0.749. The van der Waals surface area contributed by atoms with Gasteiger partial charge in [0.1, 0.15) is 11.3 Å². The van der Waals surface area contributed by atoms with Crippen LogP contribution in [-0.4, -0.2) is 7.11 Å². The molecule has 0 spiro atoms. The Balaban J connectivity index is 1.75. The van der Waals surface area contributed by atoms with Gasteiger partial charge in [0.05, 0.1) is 12.7 Å². The average molecular weight is 371 g/mol. The molecule has 1 heterocycles. The highest BCUT2D eigenvalue weighted by Crippen LogP contribution is 2.30. The Morgan fingerprint density at radius 1 is 0.857 bits per heavy atom. The molecule has 0 saturated carbocycles. The van der Waals surface area contributed by atoms with Crippen molar-refractivity contribution in [2.75, 3.05) is 12.4 Å². The number of nitrogens with one attached hydrogen (secondary N) is 1. The fourth-order valence-corrected chi connectivity index (χ4v) is 3.33. The first-order valence-electron chi connectivity index (χ1n) is 9.11. The van der Waals surface area contributed by atoms with Gasteiger partial charge in [0, 0.05) is 22.8 Å². The normalized spacial score (nSPS) is 10.8. The smallest absolute Gasteiger partial charge is 0.344 e. The zero-order valence-corrected chi connectivity index (χ0v) is 16.1. The van der Waals surface area contributed by atoms with Crippen LogP contribution in [0.1, 0.15) is 11.1 Å². The van der Waals surface area contributed by atoms with Gasteiger partial charge < -0.3 is 14.5 Å². The molecule has 0 atom stereocenters. The molecule has 0 aliphatic heterocycles. The lowest BCUT2D eigenvalue weighted by Crippen LogP contribution is -2.06. The molecular weight excluding hydrogens is 350 g/mol. The van der Waals surface area contributed by atoms with Crippen molar-refractivity contribution in [2.45, 2.75) is 13.8 Å². The molecule has 4 heteroatoms. The third kappa shape index (κ3) is 3.37. The van der Waals surface area contributed by atoms with E-state index < -0.39 is 0 Å². The van der Waals surface area contributed by atoms with Crippen molar-refractivity contribution in [1.82, 2.24) is 0 Å². The maximum atomic E-state index is 12.7. The number of aryl methyl sites for hydroxylation is 2. The van der Waals surface area contributed by atoms with Crippen molar-refractivity contribution < 1.29 is 9.15 Å². The Bertz CT molecular complexity index is 1190. The van der Waals surface area contributed by atoms with Gasteiger partial charge in [0.15, 0.2) is 0 Å². The molecule has 0 radical (unpaired) electrons. The molecule has 0 fully saturated rings. The van der Waals surface area contributed by atoms with E-state index in [2.05, 4.69) is 24.4 Å². The minimum atomic E-state index is -0.345. The van der Waals surface area contributed by atoms with Crippen molar-refractivity contribution in [1.29, 1.82) is 0 Å². The largest absolute Gasteiger partial charge is 0.497 e. The number of hydrogen-bond acceptors (Lipinski definition) is 4. The van der Waals surface area contributed by atoms with E-state index in [-0.39, 0.29) is 5.63 Å². The van der Waals surface area contributed by atoms with Crippen LogP contribution in [0.3, 0.4) is 0 Å². The third-order valence-electron chi connectivity index (χ3n) is 4.89. The molecule has 0 bridgehead atoms. The summed E-state index contributed by atoms with van der Waals surface area (Å²) in [6.07, 6.45) is 0. The molecule has 28 heavy (non-hydrogen) atoms. The van der Waals surface area contributed by atoms with Crippen LogP contribution >= 0.6 is 0 Å². The molecule has 0 amide bonds. The topological polar surface area (TPSA) is 51.5 Å². The first-order valence-corrected chi connectivity index (χ1v) is 9.11. The van der Waals surface area contributed by atoms with E-state index in [0.29, 0.717) is 11.1 Å². The fourth-order valence-electron chi connectivity index (χ4n) is 3.33. The minimum absolute atomic E-state index is 0.345. The summed E-state index contributed by atoms with van der Waals surface area (Å²) in [5, 5.41) is 4.26. The molecule has 3 aromatic carbocycles. The molecule has 0 unspecified atom stereocenters. The van der Waals surface area contributed by atoms with Gasteiger partial charge in [-0.1, -0.05) is 29.8 Å². The second kappa shape index (κ2) is 7.24. The lowest BCUT2D eigenvalue weighted by molar-refractivity contribution is 0.415. The van der Waals surface area contributed by atoms with E-state index in [1.165, 1.54) is 5.56 Å². The molecule has 1 aromatic heterocycles. The summed E-state index contributed by atoms with van der Waals surface area (Å²) in [6, 6.07) is 21.4. The fraction of sp³-hybridized carbons (Fsp3) is 0.125. The Morgan fingerprint density at radius 3 is 2.21 bits per heavy atom. The summed E-state index contributed by atoms with van der Waals surface area (Å²) in [5.41, 5.74) is 5.58. The monoisotopic (exact) mass is 371 g/mol. The first-order chi connectivity index (χ1) is 13.5. The van der Waals surface area contributed by atoms with E-state index in [4.69, 9.17) is 9.15 Å². The molecule has 1 N–H and O–H groups in total. The predicted octanol–water partition coefficient (Wildman–Crippen LogP) is 5.83. The summed E-state index contributed by atoms with van der Waals surface area (Å²) >= 11 is 0. The van der Waals surface area contributed by atoms with E-state index in [0.717, 1.165) is 33.6 Å². The summed E-state index contributed by atoms with van der Waals surface area (Å²) in [7, 11) is 1.62. The van der Waals surface area contributed by atoms with Crippen molar-refractivity contribution in [3.63, 3.8) is 0 Å². The van der Waals surface area contributed by atoms with Gasteiger partial charge in [0.25, 0.3) is 0 Å². The van der Waals surface area contributed by atoms with Gasteiger partial charge >= 0.3 is 5.63 Å². The van der Waals surface area contributed by atoms with Crippen LogP contribution in [-0.2, 0) is 0 Å². The number of methoxy groups -OCH3 is 1. The summed E-state index contributed by atoms with van der Waals surface area (Å²) in [6.45, 7) is 4.00. The van der Waals surface area contributed by atoms with Crippen molar-refractivity contribution in [3.05, 3.63) is 88.3 Å². The van der Waals surface area contributed by atoms with Crippen LogP contribution in [0.25, 0.3) is 22.1 Å². The Hall–Kier alpha value is -3.53. The number of ether oxygens (including phenoxy) is 1. The maximum absolute atomic E-state index is 12.7. The van der Waals surface area contributed by atoms with Gasteiger partial charge in [-0.15, -0.1) is 0 Å². The molecule has 4 aromatic rings. The number of benzene rings is 3. The van der Waals surface area contributed by atoms with E-state index in [1.807, 2.05) is 61.5 Å². The minimum Gasteiger partial charge on any atom is -0.497 e. The van der Waals surface area contributed by atoms with Gasteiger partial charge in [0.2, 0.25) is 0 Å². The first kappa shape index (κ1) is 17.9. The van der Waals surface area contributed by atoms with E-state index in [9.17, 15) is 4.79 Å². The van der Waals surface area contributed by atoms with Gasteiger partial charge in [-0.2, -0.15) is 0 Å². The van der Waals surface area contributed by atoms with Crippen LogP contribution < -0.4 is 15.7 Å². The molecule has 0 aliphatic carbocycles. The predicted molar refractivity (Wildman–Crippen MR) is 114 cm³/mol. The van der Waals surface area contributed by atoms with Crippen molar-refractivity contribution in [2.24, 2.45) is 0 Å². The lowest BCUT2D eigenvalue weighted by atomic mass is 9.99. The van der Waals surface area contributed by atoms with Crippen LogP contribution in [0.5, 0.6) is 5.75 Å². The average Bonchev–Trinajstić information content (AvgIpc) is 2.70. The molecule has 4 rings (SSSR count). The SMILES string of the molecule is COc1ccc(-c2c(C)c3ccc(Nc4ccc(C)cc4)cc3oc2=O)cc1. The van der Waals surface area contributed by atoms with Crippen LogP contribution in [0.4, 0.5) is 11.4 Å². The van der Waals surface area contributed by atoms with Crippen LogP contribution in [0.15, 0.2) is 75.9 Å². The third-order valence-corrected chi connectivity index (χ3v) is 4.89. The van der Waals surface area contributed by atoms with Gasteiger partial charge in [-0.25, -0.2) is 4.79 Å². The van der Waals surface area contributed by atoms with Crippen molar-refractivity contribution >= 4 is 22.3 Å². The van der Waals surface area contributed by atoms with E-state index in [1.54, 1.807) is 7.11 Å². The summed E-state index contributed by atoms with van der Waals surface area (Å²) < 4.78 is 10.9. The van der Waals surface area contributed by atoms with Gasteiger partial charge in [-0.3, -0.25) is 0 Å². The number of rotatable bonds is 4. The number of hydrogen-bond donors (Lipinski definition) is 1. The number of fused-ring (bicyclic) bond motifs is 1. The molecule has 0 saturated heterocycles. The second-order valence-corrected chi connectivity index (χ2v) is 6.82. The second-order valence-electron chi connectivity index (χ2n) is 6.82. The zero-order chi connectivity index (χ0) is 19.7. The zero-order valence-electron chi connectivity index (χ0n) is 16.1. The lowest BCUT2D eigenvalue weighted by Gasteiger charge is -2.11. The van der Waals surface area contributed by atoms with Crippen LogP contribution in [0, 0.1) is 13.8 Å². The quantitative estimate of drug-likeness (QED) is 0.459. The molecule has 0 aliphatic rings. The summed E-state index contributed by atoms with van der Waals surface area (Å²) in [4.78, 5) is 12.7. The Kier molecular flexibility index (Phi) is 4.62. The highest BCUT2D eigenvalue weighted by Gasteiger charge is 2.14. The number of anilines is 2.